The van der Waals surface area contributed by atoms with Crippen LogP contribution in [0.4, 0.5) is 18.9 Å². The molecule has 4 nitrogen and oxygen atoms in total. The van der Waals surface area contributed by atoms with Gasteiger partial charge in [0.2, 0.25) is 5.91 Å². The van der Waals surface area contributed by atoms with Crippen molar-refractivity contribution in [2.75, 3.05) is 50.7 Å². The van der Waals surface area contributed by atoms with E-state index in [-0.39, 0.29) is 11.3 Å². The molecular formula is C24H32F3N3OS. The number of rotatable bonds is 5. The third-order valence-corrected chi connectivity index (χ3v) is 7.65. The predicted molar refractivity (Wildman–Crippen MR) is 124 cm³/mol. The maximum Gasteiger partial charge on any atom is 0.416 e. The van der Waals surface area contributed by atoms with Crippen LogP contribution in [0.2, 0.25) is 0 Å². The summed E-state index contributed by atoms with van der Waals surface area (Å²) >= 11 is 1.37. The van der Waals surface area contributed by atoms with E-state index >= 15 is 0 Å². The molecule has 2 saturated heterocycles. The first-order valence-electron chi connectivity index (χ1n) is 11.5. The van der Waals surface area contributed by atoms with Gasteiger partial charge in [-0.2, -0.15) is 13.2 Å². The Balaban J connectivity index is 1.25. The Morgan fingerprint density at radius 3 is 2.56 bits per heavy atom. The summed E-state index contributed by atoms with van der Waals surface area (Å²) in [6.45, 7) is 10.6. The van der Waals surface area contributed by atoms with Crippen LogP contribution < -0.4 is 4.90 Å². The van der Waals surface area contributed by atoms with E-state index in [9.17, 15) is 18.0 Å². The highest BCUT2D eigenvalue weighted by Gasteiger charge is 2.31. The Kier molecular flexibility index (Phi) is 6.73. The van der Waals surface area contributed by atoms with Crippen LogP contribution in [0.25, 0.3) is 10.1 Å². The number of nitrogens with zero attached hydrogens (tertiary/aromatic N) is 3. The van der Waals surface area contributed by atoms with Gasteiger partial charge in [-0.1, -0.05) is 19.9 Å². The van der Waals surface area contributed by atoms with Gasteiger partial charge in [0.1, 0.15) is 0 Å². The molecule has 4 rings (SSSR count). The van der Waals surface area contributed by atoms with Crippen LogP contribution in [-0.4, -0.2) is 61.5 Å². The second-order valence-corrected chi connectivity index (χ2v) is 10.8. The number of alkyl halides is 3. The molecule has 176 valence electrons. The fourth-order valence-corrected chi connectivity index (χ4v) is 5.91. The number of piperidine rings is 1. The van der Waals surface area contributed by atoms with E-state index in [4.69, 9.17) is 0 Å². The molecule has 1 aromatic heterocycles. The average Bonchev–Trinajstić information content (AvgIpc) is 3.16. The molecule has 2 aliphatic rings. The number of hydrogen-bond acceptors (Lipinski definition) is 4. The summed E-state index contributed by atoms with van der Waals surface area (Å²) < 4.78 is 39.6. The topological polar surface area (TPSA) is 26.8 Å². The third-order valence-electron chi connectivity index (χ3n) is 6.71. The molecule has 0 saturated carbocycles. The summed E-state index contributed by atoms with van der Waals surface area (Å²) in [4.78, 5) is 19.3. The number of hydrogen-bond donors (Lipinski definition) is 0. The van der Waals surface area contributed by atoms with E-state index in [0.717, 1.165) is 69.7 Å². The minimum Gasteiger partial charge on any atom is -0.368 e. The minimum absolute atomic E-state index is 0.227. The molecule has 2 aliphatic heterocycles. The zero-order valence-corrected chi connectivity index (χ0v) is 19.7. The lowest BCUT2D eigenvalue weighted by atomic mass is 9.84. The summed E-state index contributed by atoms with van der Waals surface area (Å²) in [6.07, 6.45) is -0.556. The van der Waals surface area contributed by atoms with Gasteiger partial charge in [0.25, 0.3) is 0 Å². The molecule has 1 aromatic carbocycles. The number of benzene rings is 1. The van der Waals surface area contributed by atoms with E-state index in [1.807, 2.05) is 10.3 Å². The lowest BCUT2D eigenvalue weighted by Crippen LogP contribution is -2.47. The van der Waals surface area contributed by atoms with E-state index in [0.29, 0.717) is 11.1 Å². The highest BCUT2D eigenvalue weighted by atomic mass is 32.1. The van der Waals surface area contributed by atoms with Crippen LogP contribution >= 0.6 is 11.3 Å². The molecule has 32 heavy (non-hydrogen) atoms. The van der Waals surface area contributed by atoms with Gasteiger partial charge in [-0.3, -0.25) is 9.69 Å². The number of thiophene rings is 1. The molecule has 0 spiro atoms. The van der Waals surface area contributed by atoms with Crippen molar-refractivity contribution >= 4 is 33.0 Å². The molecule has 2 aromatic rings. The molecule has 0 unspecified atom stereocenters. The van der Waals surface area contributed by atoms with Crippen LogP contribution in [0.1, 0.15) is 45.1 Å². The second-order valence-electron chi connectivity index (χ2n) is 9.84. The molecule has 0 bridgehead atoms. The first kappa shape index (κ1) is 23.4. The van der Waals surface area contributed by atoms with E-state index in [2.05, 4.69) is 23.6 Å². The van der Waals surface area contributed by atoms with Crippen molar-refractivity contribution in [2.45, 2.75) is 45.7 Å². The fourth-order valence-electron chi connectivity index (χ4n) is 4.90. The Morgan fingerprint density at radius 2 is 1.88 bits per heavy atom. The Morgan fingerprint density at radius 1 is 1.12 bits per heavy atom. The molecule has 0 radical (unpaired) electrons. The molecule has 0 atom stereocenters. The number of carbonyl (C=O) groups excluding carboxylic acids is 1. The van der Waals surface area contributed by atoms with Gasteiger partial charge >= 0.3 is 6.18 Å². The normalized spacial score (nSPS) is 20.2. The largest absolute Gasteiger partial charge is 0.416 e. The first-order chi connectivity index (χ1) is 15.1. The highest BCUT2D eigenvalue weighted by molar-refractivity contribution is 7.17. The van der Waals surface area contributed by atoms with Crippen molar-refractivity contribution in [2.24, 2.45) is 5.41 Å². The Bertz CT molecular complexity index is 948. The summed E-state index contributed by atoms with van der Waals surface area (Å²) in [5, 5.41) is 2.87. The van der Waals surface area contributed by atoms with Crippen LogP contribution in [0.15, 0.2) is 23.6 Å². The van der Waals surface area contributed by atoms with Gasteiger partial charge in [-0.05, 0) is 43.4 Å². The van der Waals surface area contributed by atoms with E-state index in [1.54, 1.807) is 6.07 Å². The molecule has 0 aliphatic carbocycles. The van der Waals surface area contributed by atoms with Crippen molar-refractivity contribution < 1.29 is 18.0 Å². The Labute approximate surface area is 192 Å². The number of carbonyl (C=O) groups is 1. The molecular weight excluding hydrogens is 435 g/mol. The van der Waals surface area contributed by atoms with Crippen molar-refractivity contribution in [1.82, 2.24) is 9.80 Å². The highest BCUT2D eigenvalue weighted by Crippen LogP contribution is 2.38. The van der Waals surface area contributed by atoms with E-state index < -0.39 is 11.7 Å². The van der Waals surface area contributed by atoms with Crippen LogP contribution in [0.3, 0.4) is 0 Å². The van der Waals surface area contributed by atoms with Crippen LogP contribution in [0, 0.1) is 5.41 Å². The molecule has 1 amide bonds. The minimum atomic E-state index is -4.31. The second kappa shape index (κ2) is 9.21. The smallest absolute Gasteiger partial charge is 0.368 e. The monoisotopic (exact) mass is 467 g/mol. The summed E-state index contributed by atoms with van der Waals surface area (Å²) in [6, 6.07) is 4.03. The summed E-state index contributed by atoms with van der Waals surface area (Å²) in [7, 11) is 0. The number of anilines is 1. The maximum absolute atomic E-state index is 13.0. The van der Waals surface area contributed by atoms with Gasteiger partial charge in [-0.15, -0.1) is 11.3 Å². The van der Waals surface area contributed by atoms with Crippen LogP contribution in [0.5, 0.6) is 0 Å². The zero-order valence-electron chi connectivity index (χ0n) is 18.9. The number of fused-ring (bicyclic) bond motifs is 1. The lowest BCUT2D eigenvalue weighted by Gasteiger charge is -2.38. The summed E-state index contributed by atoms with van der Waals surface area (Å²) in [5.41, 5.74) is 0.664. The first-order valence-corrected chi connectivity index (χ1v) is 12.3. The standard InChI is InChI=1S/C24H32F3N3OS/c1-23(2)8-4-10-30(17-23)22(31)5-3-9-28-11-13-29(14-12-28)20-16-32-21-15-18(24(25,26)27)6-7-19(20)21/h6-7,15-16H,3-5,8-14,17H2,1-2H3. The molecule has 2 fully saturated rings. The number of piperazine rings is 1. The SMILES string of the molecule is CC1(C)CCCN(C(=O)CCCN2CCN(c3csc4cc(C(F)(F)F)ccc34)CC2)C1. The van der Waals surface area contributed by atoms with Crippen molar-refractivity contribution in [3.63, 3.8) is 0 Å². The molecule has 8 heteroatoms. The van der Waals surface area contributed by atoms with Crippen molar-refractivity contribution in [3.8, 4) is 0 Å². The van der Waals surface area contributed by atoms with Gasteiger partial charge in [0, 0.05) is 61.2 Å². The fraction of sp³-hybridized carbons (Fsp3) is 0.625. The molecule has 3 heterocycles. The molecule has 0 N–H and O–H groups in total. The number of halogens is 3. The van der Waals surface area contributed by atoms with Gasteiger partial charge < -0.3 is 9.80 Å². The predicted octanol–water partition coefficient (Wildman–Crippen LogP) is 5.47. The van der Waals surface area contributed by atoms with Crippen molar-refractivity contribution in [1.29, 1.82) is 0 Å². The van der Waals surface area contributed by atoms with Crippen LogP contribution in [-0.2, 0) is 11.0 Å². The Hall–Kier alpha value is -1.80. The summed E-state index contributed by atoms with van der Waals surface area (Å²) in [5.74, 6) is 0.277. The number of amides is 1. The average molecular weight is 468 g/mol. The zero-order chi connectivity index (χ0) is 22.9. The third kappa shape index (κ3) is 5.39. The van der Waals surface area contributed by atoms with Crippen molar-refractivity contribution in [3.05, 3.63) is 29.1 Å². The van der Waals surface area contributed by atoms with Gasteiger partial charge in [-0.25, -0.2) is 0 Å². The quantitative estimate of drug-likeness (QED) is 0.583. The van der Waals surface area contributed by atoms with E-state index in [1.165, 1.54) is 29.9 Å². The van der Waals surface area contributed by atoms with Gasteiger partial charge in [0.05, 0.1) is 11.3 Å². The number of likely N-dealkylation sites (tertiary alicyclic amines) is 1. The van der Waals surface area contributed by atoms with Gasteiger partial charge in [0.15, 0.2) is 0 Å². The lowest BCUT2D eigenvalue weighted by molar-refractivity contribution is -0.137. The maximum atomic E-state index is 13.0.